The number of aliphatic hydroxyl groups excluding tert-OH is 1. The van der Waals surface area contributed by atoms with Crippen molar-refractivity contribution in [3.05, 3.63) is 35.4 Å². The van der Waals surface area contributed by atoms with E-state index < -0.39 is 6.10 Å². The lowest BCUT2D eigenvalue weighted by Crippen LogP contribution is -2.28. The number of benzene rings is 1. The Morgan fingerprint density at radius 1 is 1.42 bits per heavy atom. The Hall–Kier alpha value is -0.970. The topological polar surface area (TPSA) is 49.5 Å². The predicted octanol–water partition coefficient (Wildman–Crippen LogP) is 2.09. The van der Waals surface area contributed by atoms with Crippen molar-refractivity contribution in [1.29, 1.82) is 0 Å². The molecule has 0 bridgehead atoms. The lowest BCUT2D eigenvalue weighted by molar-refractivity contribution is 0.121. The minimum Gasteiger partial charge on any atom is -0.389 e. The fraction of sp³-hybridized carbons (Fsp3) is 0.533. The van der Waals surface area contributed by atoms with E-state index in [0.717, 1.165) is 24.2 Å². The molecule has 1 heterocycles. The summed E-state index contributed by atoms with van der Waals surface area (Å²) in [6.07, 6.45) is 0.745. The number of hydrogen-bond donors (Lipinski definition) is 2. The molecule has 4 heteroatoms. The summed E-state index contributed by atoms with van der Waals surface area (Å²) in [7, 11) is 0. The normalized spacial score (nSPS) is 20.4. The molecule has 3 N–H and O–H groups in total. The summed E-state index contributed by atoms with van der Waals surface area (Å²) >= 11 is 4.92. The van der Waals surface area contributed by atoms with Crippen LogP contribution in [0.15, 0.2) is 24.3 Å². The second kappa shape index (κ2) is 5.57. The van der Waals surface area contributed by atoms with E-state index in [1.165, 1.54) is 6.42 Å². The Labute approximate surface area is 120 Å². The van der Waals surface area contributed by atoms with Crippen molar-refractivity contribution in [2.24, 2.45) is 11.1 Å². The summed E-state index contributed by atoms with van der Waals surface area (Å²) in [4.78, 5) is 2.72. The average Bonchev–Trinajstić information content (AvgIpc) is 2.68. The van der Waals surface area contributed by atoms with E-state index in [4.69, 9.17) is 18.0 Å². The highest BCUT2D eigenvalue weighted by Crippen LogP contribution is 2.30. The number of likely N-dealkylation sites (tertiary alicyclic amines) is 1. The van der Waals surface area contributed by atoms with Gasteiger partial charge >= 0.3 is 0 Å². The van der Waals surface area contributed by atoms with Gasteiger partial charge in [-0.1, -0.05) is 50.3 Å². The number of rotatable bonds is 4. The maximum Gasteiger partial charge on any atom is 0.103 e. The maximum absolute atomic E-state index is 10.3. The molecule has 0 aliphatic carbocycles. The first-order chi connectivity index (χ1) is 8.87. The molecule has 1 aliphatic heterocycles. The molecule has 1 saturated heterocycles. The van der Waals surface area contributed by atoms with Gasteiger partial charge in [-0.05, 0) is 23.9 Å². The molecule has 3 nitrogen and oxygen atoms in total. The standard InChI is InChI=1S/C15H22N2OS/c1-15(2)7-8-17(10-15)9-13(18)11-3-5-12(6-4-11)14(16)19/h3-6,13,18H,7-10H2,1-2H3,(H2,16,19). The molecule has 19 heavy (non-hydrogen) atoms. The molecule has 1 aromatic rings. The lowest BCUT2D eigenvalue weighted by Gasteiger charge is -2.22. The van der Waals surface area contributed by atoms with E-state index in [-0.39, 0.29) is 0 Å². The monoisotopic (exact) mass is 278 g/mol. The zero-order chi connectivity index (χ0) is 14.0. The van der Waals surface area contributed by atoms with Crippen LogP contribution in [0, 0.1) is 5.41 Å². The predicted molar refractivity (Wildman–Crippen MR) is 82.1 cm³/mol. The van der Waals surface area contributed by atoms with Gasteiger partial charge in [0.05, 0.1) is 6.10 Å². The SMILES string of the molecule is CC1(C)CCN(CC(O)c2ccc(C(N)=S)cc2)C1. The van der Waals surface area contributed by atoms with Crippen LogP contribution in [0.1, 0.15) is 37.5 Å². The molecule has 1 aliphatic rings. The van der Waals surface area contributed by atoms with Crippen LogP contribution in [-0.4, -0.2) is 34.6 Å². The van der Waals surface area contributed by atoms with E-state index in [0.29, 0.717) is 16.9 Å². The van der Waals surface area contributed by atoms with E-state index in [1.807, 2.05) is 24.3 Å². The second-order valence-corrected chi connectivity index (χ2v) is 6.59. The third-order valence-electron chi connectivity index (χ3n) is 3.77. The molecule has 0 amide bonds. The lowest BCUT2D eigenvalue weighted by atomic mass is 9.93. The summed E-state index contributed by atoms with van der Waals surface area (Å²) in [5, 5.41) is 10.3. The molecule has 0 spiro atoms. The van der Waals surface area contributed by atoms with Crippen molar-refractivity contribution in [2.45, 2.75) is 26.4 Å². The van der Waals surface area contributed by atoms with Crippen molar-refractivity contribution in [3.8, 4) is 0 Å². The van der Waals surface area contributed by atoms with Crippen molar-refractivity contribution < 1.29 is 5.11 Å². The minimum absolute atomic E-state index is 0.370. The Kier molecular flexibility index (Phi) is 4.23. The van der Waals surface area contributed by atoms with Gasteiger partial charge in [-0.3, -0.25) is 4.90 Å². The summed E-state index contributed by atoms with van der Waals surface area (Å²) < 4.78 is 0. The Morgan fingerprint density at radius 2 is 2.05 bits per heavy atom. The summed E-state index contributed by atoms with van der Waals surface area (Å²) in [6.45, 7) is 7.35. The zero-order valence-electron chi connectivity index (χ0n) is 11.6. The Bertz CT molecular complexity index is 456. The van der Waals surface area contributed by atoms with Crippen LogP contribution in [0.2, 0.25) is 0 Å². The van der Waals surface area contributed by atoms with E-state index in [2.05, 4.69) is 18.7 Å². The maximum atomic E-state index is 10.3. The number of nitrogens with two attached hydrogens (primary N) is 1. The highest BCUT2D eigenvalue weighted by Gasteiger charge is 2.30. The molecule has 0 aromatic heterocycles. The van der Waals surface area contributed by atoms with Crippen LogP contribution >= 0.6 is 12.2 Å². The number of hydrogen-bond acceptors (Lipinski definition) is 3. The van der Waals surface area contributed by atoms with Gasteiger partial charge in [-0.2, -0.15) is 0 Å². The van der Waals surface area contributed by atoms with Crippen LogP contribution < -0.4 is 5.73 Å². The highest BCUT2D eigenvalue weighted by molar-refractivity contribution is 7.80. The van der Waals surface area contributed by atoms with Crippen LogP contribution in [0.3, 0.4) is 0 Å². The van der Waals surface area contributed by atoms with Crippen LogP contribution in [-0.2, 0) is 0 Å². The van der Waals surface area contributed by atoms with Crippen molar-refractivity contribution in [2.75, 3.05) is 19.6 Å². The summed E-state index contributed by atoms with van der Waals surface area (Å²) in [5.41, 5.74) is 7.69. The fourth-order valence-electron chi connectivity index (χ4n) is 2.60. The van der Waals surface area contributed by atoms with E-state index in [1.54, 1.807) is 0 Å². The molecule has 1 aromatic carbocycles. The Balaban J connectivity index is 1.96. The quantitative estimate of drug-likeness (QED) is 0.828. The highest BCUT2D eigenvalue weighted by atomic mass is 32.1. The number of nitrogens with zero attached hydrogens (tertiary/aromatic N) is 1. The molecular weight excluding hydrogens is 256 g/mol. The van der Waals surface area contributed by atoms with Gasteiger partial charge in [0, 0.05) is 18.7 Å². The molecule has 0 radical (unpaired) electrons. The van der Waals surface area contributed by atoms with Crippen molar-refractivity contribution in [3.63, 3.8) is 0 Å². The summed E-state index contributed by atoms with van der Waals surface area (Å²) in [5.74, 6) is 0. The number of β-amino-alcohol motifs (C(OH)–C–C–N with tert-alkyl or cyclic N) is 1. The first-order valence-electron chi connectivity index (χ1n) is 6.68. The van der Waals surface area contributed by atoms with Crippen molar-refractivity contribution in [1.82, 2.24) is 4.90 Å². The third-order valence-corrected chi connectivity index (χ3v) is 4.00. The third kappa shape index (κ3) is 3.75. The molecule has 104 valence electrons. The first kappa shape index (κ1) is 14.4. The summed E-state index contributed by atoms with van der Waals surface area (Å²) in [6, 6.07) is 7.55. The molecular formula is C15H22N2OS. The molecule has 2 rings (SSSR count). The minimum atomic E-state index is -0.450. The fourth-order valence-corrected chi connectivity index (χ4v) is 2.74. The van der Waals surface area contributed by atoms with E-state index in [9.17, 15) is 5.11 Å². The van der Waals surface area contributed by atoms with Gasteiger partial charge in [0.25, 0.3) is 0 Å². The van der Waals surface area contributed by atoms with Gasteiger partial charge in [0.2, 0.25) is 0 Å². The molecule has 0 saturated carbocycles. The largest absolute Gasteiger partial charge is 0.389 e. The smallest absolute Gasteiger partial charge is 0.103 e. The van der Waals surface area contributed by atoms with Crippen molar-refractivity contribution >= 4 is 17.2 Å². The van der Waals surface area contributed by atoms with Gasteiger partial charge in [-0.15, -0.1) is 0 Å². The van der Waals surface area contributed by atoms with Gasteiger partial charge in [0.15, 0.2) is 0 Å². The number of aliphatic hydroxyl groups is 1. The zero-order valence-corrected chi connectivity index (χ0v) is 12.4. The Morgan fingerprint density at radius 3 is 2.53 bits per heavy atom. The molecule has 1 unspecified atom stereocenters. The van der Waals surface area contributed by atoms with Crippen LogP contribution in [0.5, 0.6) is 0 Å². The second-order valence-electron chi connectivity index (χ2n) is 6.15. The number of thiocarbonyl (C=S) groups is 1. The van der Waals surface area contributed by atoms with Gasteiger partial charge < -0.3 is 10.8 Å². The average molecular weight is 278 g/mol. The van der Waals surface area contributed by atoms with Crippen LogP contribution in [0.25, 0.3) is 0 Å². The first-order valence-corrected chi connectivity index (χ1v) is 7.08. The van der Waals surface area contributed by atoms with Gasteiger partial charge in [-0.25, -0.2) is 0 Å². The molecule has 1 fully saturated rings. The van der Waals surface area contributed by atoms with E-state index >= 15 is 0 Å². The van der Waals surface area contributed by atoms with Gasteiger partial charge in [0.1, 0.15) is 4.99 Å². The van der Waals surface area contributed by atoms with Crippen LogP contribution in [0.4, 0.5) is 0 Å². The molecule has 1 atom stereocenters.